The average Bonchev–Trinajstić information content (AvgIpc) is 3.03. The topological polar surface area (TPSA) is 72.3 Å². The molecule has 4 rings (SSSR count). The molecule has 4 aliphatic carbocycles. The van der Waals surface area contributed by atoms with E-state index >= 15 is 0 Å². The van der Waals surface area contributed by atoms with Gasteiger partial charge in [-0.3, -0.25) is 0 Å². The van der Waals surface area contributed by atoms with Gasteiger partial charge < -0.3 is 16.6 Å². The molecule has 0 spiro atoms. The molecule has 170 valence electrons. The lowest BCUT2D eigenvalue weighted by Gasteiger charge is -2.68. The second-order valence-corrected chi connectivity index (χ2v) is 12.1. The van der Waals surface area contributed by atoms with Crippen LogP contribution in [0.2, 0.25) is 0 Å². The average molecular weight is 415 g/mol. The monoisotopic (exact) mass is 414 g/mol. The summed E-state index contributed by atoms with van der Waals surface area (Å²) in [6, 6.07) is 0. The van der Waals surface area contributed by atoms with Gasteiger partial charge in [0.1, 0.15) is 0 Å². The van der Waals surface area contributed by atoms with Crippen molar-refractivity contribution in [3.8, 4) is 0 Å². The summed E-state index contributed by atoms with van der Waals surface area (Å²) in [5.74, 6) is 2.05. The van der Waals surface area contributed by atoms with Crippen molar-refractivity contribution in [1.82, 2.24) is 0 Å². The number of nitrogens with two attached hydrogens (primary N) is 2. The van der Waals surface area contributed by atoms with Crippen molar-refractivity contribution in [2.45, 2.75) is 115 Å². The van der Waals surface area contributed by atoms with Gasteiger partial charge in [-0.25, -0.2) is 0 Å². The molecule has 0 saturated heterocycles. The highest BCUT2D eigenvalue weighted by Gasteiger charge is 2.69. The van der Waals surface area contributed by atoms with E-state index in [4.69, 9.17) is 11.5 Å². The molecule has 0 aromatic heterocycles. The molecule has 0 aromatic rings. The molecular formula is C27H46N2O. The largest absolute Gasteiger partial charge is 0.393 e. The van der Waals surface area contributed by atoms with Gasteiger partial charge >= 0.3 is 0 Å². The van der Waals surface area contributed by atoms with Gasteiger partial charge in [-0.2, -0.15) is 0 Å². The van der Waals surface area contributed by atoms with Crippen LogP contribution in [0, 0.1) is 28.6 Å². The smallest absolute Gasteiger partial charge is 0.0577 e. The van der Waals surface area contributed by atoms with Gasteiger partial charge in [-0.15, -0.1) is 6.58 Å². The lowest BCUT2D eigenvalue weighted by atomic mass is 9.41. The van der Waals surface area contributed by atoms with Crippen LogP contribution < -0.4 is 11.5 Å². The van der Waals surface area contributed by atoms with E-state index < -0.39 is 0 Å². The van der Waals surface area contributed by atoms with Crippen LogP contribution in [0.15, 0.2) is 24.3 Å². The van der Waals surface area contributed by atoms with E-state index in [0.717, 1.165) is 50.4 Å². The molecule has 0 bridgehead atoms. The molecule has 0 heterocycles. The molecule has 30 heavy (non-hydrogen) atoms. The molecule has 3 fully saturated rings. The molecule has 7 unspecified atom stereocenters. The molecule has 3 nitrogen and oxygen atoms in total. The minimum absolute atomic E-state index is 0.0568. The van der Waals surface area contributed by atoms with Gasteiger partial charge in [-0.1, -0.05) is 51.3 Å². The van der Waals surface area contributed by atoms with E-state index in [-0.39, 0.29) is 22.6 Å². The zero-order valence-electron chi connectivity index (χ0n) is 19.8. The Morgan fingerprint density at radius 1 is 1.20 bits per heavy atom. The zero-order valence-corrected chi connectivity index (χ0v) is 19.8. The van der Waals surface area contributed by atoms with Crippen molar-refractivity contribution in [3.05, 3.63) is 24.3 Å². The Bertz CT molecular complexity index is 703. The number of hydrogen-bond donors (Lipinski definition) is 3. The van der Waals surface area contributed by atoms with Gasteiger partial charge in [0.2, 0.25) is 0 Å². The molecule has 8 atom stereocenters. The summed E-state index contributed by atoms with van der Waals surface area (Å²) < 4.78 is 0. The zero-order chi connectivity index (χ0) is 21.8. The molecular weight excluding hydrogens is 368 g/mol. The normalized spacial score (nSPS) is 48.9. The molecule has 3 heteroatoms. The molecule has 3 saturated carbocycles. The number of hydrogen-bond acceptors (Lipinski definition) is 3. The number of fused-ring (bicyclic) bond motifs is 5. The Morgan fingerprint density at radius 2 is 1.97 bits per heavy atom. The highest BCUT2D eigenvalue weighted by atomic mass is 16.3. The van der Waals surface area contributed by atoms with E-state index in [1.807, 2.05) is 0 Å². The first-order valence-corrected chi connectivity index (χ1v) is 12.7. The van der Waals surface area contributed by atoms with Crippen LogP contribution in [-0.4, -0.2) is 22.3 Å². The summed E-state index contributed by atoms with van der Waals surface area (Å²) in [5, 5.41) is 10.3. The maximum absolute atomic E-state index is 10.3. The van der Waals surface area contributed by atoms with Crippen LogP contribution in [-0.2, 0) is 0 Å². The fourth-order valence-corrected chi connectivity index (χ4v) is 8.56. The summed E-state index contributed by atoms with van der Waals surface area (Å²) in [6.45, 7) is 11.2. The van der Waals surface area contributed by atoms with Crippen LogP contribution in [0.5, 0.6) is 0 Å². The third-order valence-corrected chi connectivity index (χ3v) is 10.7. The Labute approximate surface area is 184 Å². The van der Waals surface area contributed by atoms with E-state index in [9.17, 15) is 5.11 Å². The Balaban J connectivity index is 1.55. The van der Waals surface area contributed by atoms with Crippen molar-refractivity contribution in [1.29, 1.82) is 0 Å². The van der Waals surface area contributed by atoms with Crippen LogP contribution in [0.4, 0.5) is 0 Å². The van der Waals surface area contributed by atoms with E-state index in [1.54, 1.807) is 0 Å². The summed E-state index contributed by atoms with van der Waals surface area (Å²) in [4.78, 5) is 0. The van der Waals surface area contributed by atoms with Crippen LogP contribution >= 0.6 is 0 Å². The predicted molar refractivity (Wildman–Crippen MR) is 126 cm³/mol. The van der Waals surface area contributed by atoms with Crippen molar-refractivity contribution in [3.63, 3.8) is 0 Å². The standard InChI is InChI=1S/C27H46N2O/c1-5-7-19(2)8-6-9-20-10-11-23-24(20,3)16-17-27(29)25(4)14-13-22(30)18-21(25)12-15-26(23,27)28/h5,12,19-20,22-23,30H,1,6-11,13-18,28-29H2,2-4H3/t19?,20?,22?,23?,24?,25?,26?,27-/m0/s1. The Kier molecular flexibility index (Phi) is 5.82. The van der Waals surface area contributed by atoms with E-state index in [2.05, 4.69) is 39.5 Å². The van der Waals surface area contributed by atoms with Crippen molar-refractivity contribution < 1.29 is 5.11 Å². The molecule has 5 N–H and O–H groups in total. The maximum atomic E-state index is 10.3. The van der Waals surface area contributed by atoms with Crippen LogP contribution in [0.25, 0.3) is 0 Å². The Morgan fingerprint density at radius 3 is 2.70 bits per heavy atom. The molecule has 0 amide bonds. The third-order valence-electron chi connectivity index (χ3n) is 10.7. The molecule has 0 aliphatic heterocycles. The fourth-order valence-electron chi connectivity index (χ4n) is 8.56. The minimum Gasteiger partial charge on any atom is -0.393 e. The summed E-state index contributed by atoms with van der Waals surface area (Å²) in [7, 11) is 0. The van der Waals surface area contributed by atoms with Gasteiger partial charge in [0.15, 0.2) is 0 Å². The second-order valence-electron chi connectivity index (χ2n) is 12.1. The summed E-state index contributed by atoms with van der Waals surface area (Å²) in [5.41, 5.74) is 15.8. The fraction of sp³-hybridized carbons (Fsp3) is 0.852. The van der Waals surface area contributed by atoms with Gasteiger partial charge in [0.05, 0.1) is 6.10 Å². The summed E-state index contributed by atoms with van der Waals surface area (Å²) >= 11 is 0. The lowest BCUT2D eigenvalue weighted by Crippen LogP contribution is -2.80. The maximum Gasteiger partial charge on any atom is 0.0577 e. The predicted octanol–water partition coefficient (Wildman–Crippen LogP) is 5.47. The van der Waals surface area contributed by atoms with Crippen molar-refractivity contribution >= 4 is 0 Å². The number of aliphatic hydroxyl groups excluding tert-OH is 1. The van der Waals surface area contributed by atoms with Gasteiger partial charge in [0, 0.05) is 16.5 Å². The lowest BCUT2D eigenvalue weighted by molar-refractivity contribution is -0.0867. The SMILES string of the molecule is C=CCC(C)CCCC1CCC2C1(C)CC[C@]1(N)C3(C)CCC(O)CC3=CCC21N. The third kappa shape index (κ3) is 3.10. The first-order chi connectivity index (χ1) is 14.1. The van der Waals surface area contributed by atoms with Crippen LogP contribution in [0.1, 0.15) is 97.8 Å². The van der Waals surface area contributed by atoms with E-state index in [1.165, 1.54) is 44.1 Å². The molecule has 4 aliphatic rings. The highest BCUT2D eigenvalue weighted by molar-refractivity contribution is 5.38. The van der Waals surface area contributed by atoms with E-state index in [0.29, 0.717) is 11.3 Å². The van der Waals surface area contributed by atoms with Crippen molar-refractivity contribution in [2.24, 2.45) is 40.1 Å². The first-order valence-electron chi connectivity index (χ1n) is 12.7. The van der Waals surface area contributed by atoms with Crippen LogP contribution in [0.3, 0.4) is 0 Å². The first kappa shape index (κ1) is 22.6. The quantitative estimate of drug-likeness (QED) is 0.505. The molecule has 0 aromatic carbocycles. The highest BCUT2D eigenvalue weighted by Crippen LogP contribution is 2.68. The van der Waals surface area contributed by atoms with Gasteiger partial charge in [-0.05, 0) is 87.4 Å². The number of allylic oxidation sites excluding steroid dienone is 1. The molecule has 0 radical (unpaired) electrons. The Hall–Kier alpha value is -0.640. The summed E-state index contributed by atoms with van der Waals surface area (Å²) in [6.07, 6.45) is 17.7. The van der Waals surface area contributed by atoms with Crippen molar-refractivity contribution in [2.75, 3.05) is 0 Å². The minimum atomic E-state index is -0.345. The number of aliphatic hydroxyl groups is 1. The number of rotatable bonds is 6. The second kappa shape index (κ2) is 7.74. The van der Waals surface area contributed by atoms with Gasteiger partial charge in [0.25, 0.3) is 0 Å².